The Morgan fingerprint density at radius 2 is 2.11 bits per heavy atom. The molecular formula is C13H19NO4S. The molecule has 1 unspecified atom stereocenters. The van der Waals surface area contributed by atoms with Crippen molar-refractivity contribution in [3.63, 3.8) is 0 Å². The highest BCUT2D eigenvalue weighted by Crippen LogP contribution is 2.26. The van der Waals surface area contributed by atoms with E-state index in [1.54, 1.807) is 19.1 Å². The van der Waals surface area contributed by atoms with E-state index in [9.17, 15) is 8.42 Å². The van der Waals surface area contributed by atoms with Gasteiger partial charge in [0.15, 0.2) is 0 Å². The lowest BCUT2D eigenvalue weighted by Gasteiger charge is -2.14. The lowest BCUT2D eigenvalue weighted by molar-refractivity contribution is 0.167. The third-order valence-corrected chi connectivity index (χ3v) is 4.33. The second-order valence-electron chi connectivity index (χ2n) is 4.97. The van der Waals surface area contributed by atoms with Gasteiger partial charge in [-0.05, 0) is 43.5 Å². The normalized spacial score (nSPS) is 19.6. The number of rotatable bonds is 4. The van der Waals surface area contributed by atoms with Gasteiger partial charge in [-0.25, -0.2) is 13.6 Å². The molecular weight excluding hydrogens is 266 g/mol. The molecule has 1 atom stereocenters. The van der Waals surface area contributed by atoms with Crippen LogP contribution < -0.4 is 9.88 Å². The second kappa shape index (κ2) is 5.48. The maximum atomic E-state index is 11.4. The summed E-state index contributed by atoms with van der Waals surface area (Å²) in [6.07, 6.45) is 1.01. The van der Waals surface area contributed by atoms with Gasteiger partial charge in [0.1, 0.15) is 5.75 Å². The molecule has 19 heavy (non-hydrogen) atoms. The van der Waals surface area contributed by atoms with Crippen LogP contribution in [0.4, 0.5) is 0 Å². The predicted octanol–water partition coefficient (Wildman–Crippen LogP) is 1.37. The van der Waals surface area contributed by atoms with Crippen molar-refractivity contribution in [2.45, 2.75) is 25.2 Å². The Morgan fingerprint density at radius 3 is 2.68 bits per heavy atom. The van der Waals surface area contributed by atoms with Gasteiger partial charge in [0.25, 0.3) is 0 Å². The summed E-state index contributed by atoms with van der Waals surface area (Å²) in [4.78, 5) is 0.154. The molecule has 1 aromatic rings. The molecule has 1 aliphatic heterocycles. The van der Waals surface area contributed by atoms with E-state index in [2.05, 4.69) is 0 Å². The first-order valence-electron chi connectivity index (χ1n) is 6.22. The van der Waals surface area contributed by atoms with Crippen molar-refractivity contribution in [2.75, 3.05) is 19.8 Å². The van der Waals surface area contributed by atoms with Crippen molar-refractivity contribution in [3.05, 3.63) is 23.3 Å². The molecule has 1 heterocycles. The quantitative estimate of drug-likeness (QED) is 0.906. The van der Waals surface area contributed by atoms with Crippen LogP contribution in [0.2, 0.25) is 0 Å². The van der Waals surface area contributed by atoms with Crippen LogP contribution in [-0.4, -0.2) is 28.2 Å². The third-order valence-electron chi connectivity index (χ3n) is 3.28. The molecule has 1 aromatic carbocycles. The van der Waals surface area contributed by atoms with Crippen molar-refractivity contribution in [3.8, 4) is 5.75 Å². The van der Waals surface area contributed by atoms with Gasteiger partial charge in [0, 0.05) is 12.5 Å². The van der Waals surface area contributed by atoms with Gasteiger partial charge >= 0.3 is 0 Å². The molecule has 1 fully saturated rings. The van der Waals surface area contributed by atoms with Gasteiger partial charge in [0.05, 0.1) is 18.1 Å². The summed E-state index contributed by atoms with van der Waals surface area (Å²) < 4.78 is 33.9. The zero-order chi connectivity index (χ0) is 14.0. The van der Waals surface area contributed by atoms with Crippen LogP contribution in [0.25, 0.3) is 0 Å². The highest BCUT2D eigenvalue weighted by molar-refractivity contribution is 7.89. The van der Waals surface area contributed by atoms with Crippen LogP contribution >= 0.6 is 0 Å². The van der Waals surface area contributed by atoms with E-state index in [1.807, 2.05) is 6.92 Å². The first-order valence-corrected chi connectivity index (χ1v) is 7.77. The summed E-state index contributed by atoms with van der Waals surface area (Å²) >= 11 is 0. The summed E-state index contributed by atoms with van der Waals surface area (Å²) in [7, 11) is -3.68. The first-order chi connectivity index (χ1) is 8.88. The molecule has 0 aliphatic carbocycles. The Morgan fingerprint density at radius 1 is 1.37 bits per heavy atom. The molecule has 6 heteroatoms. The van der Waals surface area contributed by atoms with Crippen LogP contribution in [-0.2, 0) is 14.8 Å². The van der Waals surface area contributed by atoms with Crippen molar-refractivity contribution in [2.24, 2.45) is 11.1 Å². The molecule has 5 nitrogen and oxygen atoms in total. The summed E-state index contributed by atoms with van der Waals surface area (Å²) in [6.45, 7) is 5.64. The Balaban J connectivity index is 2.16. The van der Waals surface area contributed by atoms with Crippen LogP contribution in [0.15, 0.2) is 17.0 Å². The highest BCUT2D eigenvalue weighted by atomic mass is 32.2. The Bertz CT molecular complexity index is 562. The zero-order valence-electron chi connectivity index (χ0n) is 11.2. The van der Waals surface area contributed by atoms with E-state index in [4.69, 9.17) is 14.6 Å². The molecule has 2 N–H and O–H groups in total. The highest BCUT2D eigenvalue weighted by Gasteiger charge is 2.18. The Labute approximate surface area is 113 Å². The molecule has 1 aliphatic rings. The van der Waals surface area contributed by atoms with E-state index in [-0.39, 0.29) is 4.90 Å². The minimum Gasteiger partial charge on any atom is -0.493 e. The number of primary sulfonamides is 1. The van der Waals surface area contributed by atoms with Gasteiger partial charge in [-0.15, -0.1) is 0 Å². The Kier molecular flexibility index (Phi) is 4.13. The monoisotopic (exact) mass is 285 g/mol. The smallest absolute Gasteiger partial charge is 0.238 e. The van der Waals surface area contributed by atoms with Gasteiger partial charge in [-0.3, -0.25) is 0 Å². The number of nitrogens with two attached hydrogens (primary N) is 1. The molecule has 0 bridgehead atoms. The van der Waals surface area contributed by atoms with Crippen LogP contribution in [0.1, 0.15) is 17.5 Å². The first kappa shape index (κ1) is 14.3. The minimum atomic E-state index is -3.68. The van der Waals surface area contributed by atoms with E-state index >= 15 is 0 Å². The molecule has 0 radical (unpaired) electrons. The van der Waals surface area contributed by atoms with Gasteiger partial charge in [-0.2, -0.15) is 0 Å². The maximum Gasteiger partial charge on any atom is 0.238 e. The number of aryl methyl sites for hydroxylation is 2. The molecule has 0 spiro atoms. The fraction of sp³-hybridized carbons (Fsp3) is 0.538. The number of sulfonamides is 1. The molecule has 0 saturated carbocycles. The van der Waals surface area contributed by atoms with Gasteiger partial charge < -0.3 is 9.47 Å². The number of benzene rings is 1. The summed E-state index contributed by atoms with van der Waals surface area (Å²) in [5, 5.41) is 5.16. The minimum absolute atomic E-state index is 0.154. The maximum absolute atomic E-state index is 11.4. The lowest BCUT2D eigenvalue weighted by Crippen LogP contribution is -2.15. The molecule has 1 saturated heterocycles. The van der Waals surface area contributed by atoms with Crippen LogP contribution in [0.5, 0.6) is 5.75 Å². The molecule has 106 valence electrons. The van der Waals surface area contributed by atoms with E-state index < -0.39 is 10.0 Å². The second-order valence-corrected chi connectivity index (χ2v) is 6.50. The molecule has 0 amide bonds. The summed E-state index contributed by atoms with van der Waals surface area (Å²) in [5.74, 6) is 1.12. The Hall–Kier alpha value is -1.11. The zero-order valence-corrected chi connectivity index (χ0v) is 12.0. The number of hydrogen-bond acceptors (Lipinski definition) is 4. The summed E-state index contributed by atoms with van der Waals surface area (Å²) in [5.41, 5.74) is 1.37. The van der Waals surface area contributed by atoms with Crippen molar-refractivity contribution < 1.29 is 17.9 Å². The van der Waals surface area contributed by atoms with Crippen molar-refractivity contribution in [1.82, 2.24) is 0 Å². The van der Waals surface area contributed by atoms with Gasteiger partial charge in [0.2, 0.25) is 10.0 Å². The number of hydrogen-bond donors (Lipinski definition) is 1. The average molecular weight is 285 g/mol. The van der Waals surface area contributed by atoms with Gasteiger partial charge in [-0.1, -0.05) is 0 Å². The van der Waals surface area contributed by atoms with E-state index in [1.165, 1.54) is 0 Å². The predicted molar refractivity (Wildman–Crippen MR) is 71.7 cm³/mol. The summed E-state index contributed by atoms with van der Waals surface area (Å²) in [6, 6.07) is 3.29. The fourth-order valence-corrected chi connectivity index (χ4v) is 3.00. The molecule has 2 rings (SSSR count). The standard InChI is InChI=1S/C13H19NO4S/c1-9-6-13(19(14,15)16)10(2)5-12(9)18-8-11-3-4-17-7-11/h5-6,11H,3-4,7-8H2,1-2H3,(H2,14,15,16). The van der Waals surface area contributed by atoms with Crippen molar-refractivity contribution >= 4 is 10.0 Å². The average Bonchev–Trinajstić information content (AvgIpc) is 2.81. The number of ether oxygens (including phenoxy) is 2. The van der Waals surface area contributed by atoms with Crippen LogP contribution in [0, 0.1) is 19.8 Å². The van der Waals surface area contributed by atoms with E-state index in [0.29, 0.717) is 23.8 Å². The van der Waals surface area contributed by atoms with Crippen molar-refractivity contribution in [1.29, 1.82) is 0 Å². The SMILES string of the molecule is Cc1cc(S(N)(=O)=O)c(C)cc1OCC1CCOC1. The largest absolute Gasteiger partial charge is 0.493 e. The van der Waals surface area contributed by atoms with Crippen LogP contribution in [0.3, 0.4) is 0 Å². The third kappa shape index (κ3) is 3.46. The lowest BCUT2D eigenvalue weighted by atomic mass is 10.1. The van der Waals surface area contributed by atoms with E-state index in [0.717, 1.165) is 25.2 Å². The topological polar surface area (TPSA) is 78.6 Å². The fourth-order valence-electron chi connectivity index (χ4n) is 2.15. The molecule has 0 aromatic heterocycles.